The lowest BCUT2D eigenvalue weighted by Gasteiger charge is -2.13. The van der Waals surface area contributed by atoms with E-state index in [4.69, 9.17) is 10.2 Å². The number of anilines is 2. The van der Waals surface area contributed by atoms with Crippen molar-refractivity contribution < 1.29 is 4.42 Å². The van der Waals surface area contributed by atoms with E-state index in [9.17, 15) is 0 Å². The fourth-order valence-electron chi connectivity index (χ4n) is 1.28. The first kappa shape index (κ1) is 9.97. The molecule has 0 amide bonds. The van der Waals surface area contributed by atoms with Gasteiger partial charge in [-0.05, 0) is 13.0 Å². The molecule has 0 aliphatic heterocycles. The maximum absolute atomic E-state index is 5.46. The second-order valence-electron chi connectivity index (χ2n) is 3.29. The Bertz CT molecular complexity index is 450. The lowest BCUT2D eigenvalue weighted by atomic mass is 10.2. The van der Waals surface area contributed by atoms with Crippen LogP contribution < -0.4 is 10.6 Å². The number of hydrogen-bond donors (Lipinski definition) is 1. The number of nitrogen functional groups attached to an aromatic ring is 1. The lowest BCUT2D eigenvalue weighted by Crippen LogP contribution is -2.16. The largest absolute Gasteiger partial charge is 0.469 e. The molecule has 0 unspecified atom stereocenters. The van der Waals surface area contributed by atoms with Crippen molar-refractivity contribution in [2.75, 3.05) is 17.7 Å². The minimum atomic E-state index is 0.325. The van der Waals surface area contributed by atoms with Crippen LogP contribution in [-0.2, 0) is 6.54 Å². The molecule has 2 aromatic rings. The van der Waals surface area contributed by atoms with E-state index in [1.165, 1.54) is 11.5 Å². The molecule has 0 spiro atoms. The molecule has 2 aromatic heterocycles. The van der Waals surface area contributed by atoms with Crippen molar-refractivity contribution in [1.82, 2.24) is 9.36 Å². The Hall–Kier alpha value is -1.56. The van der Waals surface area contributed by atoms with Crippen molar-refractivity contribution in [2.24, 2.45) is 0 Å². The zero-order chi connectivity index (χ0) is 10.8. The van der Waals surface area contributed by atoms with Crippen molar-refractivity contribution in [3.63, 3.8) is 0 Å². The Balaban J connectivity index is 2.10. The maximum atomic E-state index is 5.46. The van der Waals surface area contributed by atoms with Gasteiger partial charge in [0, 0.05) is 30.7 Å². The molecule has 0 aliphatic rings. The second kappa shape index (κ2) is 3.90. The predicted molar refractivity (Wildman–Crippen MR) is 59.9 cm³/mol. The standard InChI is InChI=1S/C9H12N4OS/c1-6-7(3-4-14-6)5-13(2)9-11-8(10)12-15-9/h3-4H,5H2,1-2H3,(H2,10,12). The molecule has 80 valence electrons. The fraction of sp³-hybridized carbons (Fsp3) is 0.333. The summed E-state index contributed by atoms with van der Waals surface area (Å²) in [6.07, 6.45) is 1.69. The third-order valence-electron chi connectivity index (χ3n) is 2.13. The van der Waals surface area contributed by atoms with Crippen LogP contribution in [-0.4, -0.2) is 16.4 Å². The van der Waals surface area contributed by atoms with Gasteiger partial charge in [-0.1, -0.05) is 0 Å². The highest BCUT2D eigenvalue weighted by Crippen LogP contribution is 2.20. The SMILES string of the molecule is Cc1occc1CN(C)c1nc(N)ns1. The van der Waals surface area contributed by atoms with E-state index < -0.39 is 0 Å². The predicted octanol–water partition coefficient (Wildman–Crippen LogP) is 1.66. The maximum Gasteiger partial charge on any atom is 0.233 e. The summed E-state index contributed by atoms with van der Waals surface area (Å²) >= 11 is 1.29. The number of rotatable bonds is 3. The minimum Gasteiger partial charge on any atom is -0.469 e. The number of nitrogens with zero attached hydrogens (tertiary/aromatic N) is 3. The zero-order valence-corrected chi connectivity index (χ0v) is 9.41. The van der Waals surface area contributed by atoms with E-state index in [-0.39, 0.29) is 0 Å². The molecule has 0 bridgehead atoms. The first-order chi connectivity index (χ1) is 7.16. The monoisotopic (exact) mass is 224 g/mol. The summed E-state index contributed by atoms with van der Waals surface area (Å²) in [4.78, 5) is 6.09. The summed E-state index contributed by atoms with van der Waals surface area (Å²) in [6.45, 7) is 2.69. The van der Waals surface area contributed by atoms with Crippen LogP contribution in [0, 0.1) is 6.92 Å². The Morgan fingerprint density at radius 1 is 1.60 bits per heavy atom. The van der Waals surface area contributed by atoms with Gasteiger partial charge >= 0.3 is 0 Å². The molecule has 0 radical (unpaired) electrons. The third-order valence-corrected chi connectivity index (χ3v) is 2.98. The Morgan fingerprint density at radius 2 is 2.40 bits per heavy atom. The Kier molecular flexibility index (Phi) is 2.59. The number of hydrogen-bond acceptors (Lipinski definition) is 6. The molecular weight excluding hydrogens is 212 g/mol. The van der Waals surface area contributed by atoms with Crippen LogP contribution in [0.1, 0.15) is 11.3 Å². The number of nitrogens with two attached hydrogens (primary N) is 1. The summed E-state index contributed by atoms with van der Waals surface area (Å²) in [5.41, 5.74) is 6.61. The van der Waals surface area contributed by atoms with Gasteiger partial charge in [-0.25, -0.2) is 0 Å². The Labute approximate surface area is 91.7 Å². The third kappa shape index (κ3) is 2.10. The summed E-state index contributed by atoms with van der Waals surface area (Å²) in [7, 11) is 1.95. The summed E-state index contributed by atoms with van der Waals surface area (Å²) in [6, 6.07) is 1.95. The summed E-state index contributed by atoms with van der Waals surface area (Å²) in [5, 5.41) is 0.813. The number of aryl methyl sites for hydroxylation is 1. The summed E-state index contributed by atoms with van der Waals surface area (Å²) in [5.74, 6) is 1.25. The molecular formula is C9H12N4OS. The molecule has 0 atom stereocenters. The van der Waals surface area contributed by atoms with Gasteiger partial charge in [-0.3, -0.25) is 0 Å². The van der Waals surface area contributed by atoms with Crippen molar-refractivity contribution in [2.45, 2.75) is 13.5 Å². The van der Waals surface area contributed by atoms with Gasteiger partial charge in [0.25, 0.3) is 0 Å². The minimum absolute atomic E-state index is 0.325. The molecule has 0 saturated heterocycles. The van der Waals surface area contributed by atoms with E-state index >= 15 is 0 Å². The van der Waals surface area contributed by atoms with E-state index in [0.717, 1.165) is 23.0 Å². The van der Waals surface area contributed by atoms with Gasteiger partial charge in [0.15, 0.2) is 0 Å². The highest BCUT2D eigenvalue weighted by atomic mass is 32.1. The van der Waals surface area contributed by atoms with Crippen molar-refractivity contribution >= 4 is 22.6 Å². The Morgan fingerprint density at radius 3 is 2.93 bits per heavy atom. The highest BCUT2D eigenvalue weighted by molar-refractivity contribution is 7.09. The van der Waals surface area contributed by atoms with Crippen LogP contribution in [0.3, 0.4) is 0 Å². The zero-order valence-electron chi connectivity index (χ0n) is 8.60. The molecule has 0 fully saturated rings. The summed E-state index contributed by atoms with van der Waals surface area (Å²) < 4.78 is 9.16. The molecule has 2 N–H and O–H groups in total. The molecule has 0 aliphatic carbocycles. The molecule has 5 nitrogen and oxygen atoms in total. The average Bonchev–Trinajstić information content (AvgIpc) is 2.77. The van der Waals surface area contributed by atoms with Gasteiger partial charge in [-0.2, -0.15) is 9.36 Å². The molecule has 0 saturated carbocycles. The van der Waals surface area contributed by atoms with Crippen LogP contribution in [0.5, 0.6) is 0 Å². The number of aromatic nitrogens is 2. The van der Waals surface area contributed by atoms with Gasteiger partial charge < -0.3 is 15.1 Å². The van der Waals surface area contributed by atoms with Gasteiger partial charge in [0.1, 0.15) is 5.76 Å². The van der Waals surface area contributed by atoms with Gasteiger partial charge in [0.2, 0.25) is 11.1 Å². The first-order valence-electron chi connectivity index (χ1n) is 4.50. The van der Waals surface area contributed by atoms with Crippen LogP contribution in [0.2, 0.25) is 0 Å². The topological polar surface area (TPSA) is 68.2 Å². The normalized spacial score (nSPS) is 10.5. The second-order valence-corrected chi connectivity index (χ2v) is 4.02. The van der Waals surface area contributed by atoms with Gasteiger partial charge in [-0.15, -0.1) is 0 Å². The van der Waals surface area contributed by atoms with Gasteiger partial charge in [0.05, 0.1) is 6.26 Å². The van der Waals surface area contributed by atoms with E-state index in [1.807, 2.05) is 24.9 Å². The molecule has 2 rings (SSSR count). The smallest absolute Gasteiger partial charge is 0.233 e. The molecule has 6 heteroatoms. The van der Waals surface area contributed by atoms with Crippen LogP contribution in [0.4, 0.5) is 11.1 Å². The van der Waals surface area contributed by atoms with Crippen LogP contribution in [0.15, 0.2) is 16.7 Å². The highest BCUT2D eigenvalue weighted by Gasteiger charge is 2.09. The van der Waals surface area contributed by atoms with Crippen LogP contribution >= 0.6 is 11.5 Å². The van der Waals surface area contributed by atoms with Crippen LogP contribution in [0.25, 0.3) is 0 Å². The van der Waals surface area contributed by atoms with Crippen molar-refractivity contribution in [1.29, 1.82) is 0 Å². The molecule has 2 heterocycles. The van der Waals surface area contributed by atoms with E-state index in [0.29, 0.717) is 5.95 Å². The van der Waals surface area contributed by atoms with Crippen molar-refractivity contribution in [3.8, 4) is 0 Å². The quantitative estimate of drug-likeness (QED) is 0.858. The average molecular weight is 224 g/mol. The molecule has 15 heavy (non-hydrogen) atoms. The van der Waals surface area contributed by atoms with E-state index in [2.05, 4.69) is 9.36 Å². The lowest BCUT2D eigenvalue weighted by molar-refractivity contribution is 0.529. The first-order valence-corrected chi connectivity index (χ1v) is 5.27. The molecule has 0 aromatic carbocycles. The fourth-order valence-corrected chi connectivity index (χ4v) is 1.83. The van der Waals surface area contributed by atoms with E-state index in [1.54, 1.807) is 6.26 Å². The van der Waals surface area contributed by atoms with Crippen molar-refractivity contribution in [3.05, 3.63) is 23.7 Å². The number of furan rings is 1.